The van der Waals surface area contributed by atoms with Gasteiger partial charge in [-0.15, -0.1) is 0 Å². The zero-order chi connectivity index (χ0) is 21.8. The number of urea groups is 1. The van der Waals surface area contributed by atoms with Crippen molar-refractivity contribution >= 4 is 35.4 Å². The first-order valence-electron chi connectivity index (χ1n) is 11.2. The van der Waals surface area contributed by atoms with Gasteiger partial charge in [0.1, 0.15) is 5.82 Å². The van der Waals surface area contributed by atoms with E-state index in [0.717, 1.165) is 50.1 Å². The van der Waals surface area contributed by atoms with Crippen molar-refractivity contribution in [1.82, 2.24) is 20.5 Å². The second-order valence-electron chi connectivity index (χ2n) is 8.70. The van der Waals surface area contributed by atoms with Gasteiger partial charge in [-0.3, -0.25) is 9.59 Å². The lowest BCUT2D eigenvalue weighted by Crippen LogP contribution is -2.43. The molecule has 3 aliphatic heterocycles. The van der Waals surface area contributed by atoms with Gasteiger partial charge >= 0.3 is 6.03 Å². The summed E-state index contributed by atoms with van der Waals surface area (Å²) in [4.78, 5) is 43.0. The Kier molecular flexibility index (Phi) is 6.99. The number of nitrogens with zero attached hydrogens (tertiary/aromatic N) is 2. The second kappa shape index (κ2) is 9.89. The summed E-state index contributed by atoms with van der Waals surface area (Å²) < 4.78 is 0. The summed E-state index contributed by atoms with van der Waals surface area (Å²) in [6, 6.07) is 5.96. The summed E-state index contributed by atoms with van der Waals surface area (Å²) in [7, 11) is 0. The van der Waals surface area contributed by atoms with E-state index >= 15 is 0 Å². The molecule has 1 aromatic rings. The summed E-state index contributed by atoms with van der Waals surface area (Å²) in [5, 5.41) is 9.29. The number of unbranched alkanes of at least 4 members (excludes halogenated alkanes) is 1. The van der Waals surface area contributed by atoms with Gasteiger partial charge in [-0.1, -0.05) is 12.5 Å². The normalized spacial score (nSPS) is 27.4. The number of hydrogen-bond acceptors (Lipinski definition) is 5. The Bertz CT molecular complexity index is 835. The molecule has 168 valence electrons. The molecular formula is C22H31N5O3S. The van der Waals surface area contributed by atoms with E-state index in [0.29, 0.717) is 24.0 Å². The van der Waals surface area contributed by atoms with Crippen LogP contribution in [-0.2, 0) is 9.59 Å². The van der Waals surface area contributed by atoms with Crippen LogP contribution in [0.4, 0.5) is 10.6 Å². The Morgan fingerprint density at radius 2 is 2.16 bits per heavy atom. The molecule has 1 aromatic heterocycles. The van der Waals surface area contributed by atoms with Crippen molar-refractivity contribution in [2.45, 2.75) is 62.8 Å². The molecule has 0 aromatic carbocycles. The van der Waals surface area contributed by atoms with Gasteiger partial charge in [-0.25, -0.2) is 9.78 Å². The monoisotopic (exact) mass is 445 g/mol. The molecule has 4 heterocycles. The van der Waals surface area contributed by atoms with Crippen LogP contribution in [0, 0.1) is 12.8 Å². The summed E-state index contributed by atoms with van der Waals surface area (Å²) in [6.07, 6.45) is 4.98. The Labute approximate surface area is 187 Å². The SMILES string of the molecule is Cc1cccc(NC(=O)[C@@H]2CCCN(C(=O)CCCC[C@@H]3SC[C@@H]4NC(=O)N[C@@H]43)C2)n1. The third kappa shape index (κ3) is 5.50. The molecule has 3 N–H and O–H groups in total. The van der Waals surface area contributed by atoms with E-state index < -0.39 is 0 Å². The standard InChI is InChI=1S/C22H31N5O3S/c1-14-6-4-9-18(23-14)25-21(29)15-7-5-11-27(12-15)19(28)10-3-2-8-17-20-16(13-31-17)24-22(30)26-20/h4,6,9,15-17,20H,2-3,5,7-8,10-13H2,1H3,(H,23,25,29)(H2,24,26,30)/t15-,16+,17+,20+/m1/s1. The third-order valence-corrected chi connectivity index (χ3v) is 7.86. The lowest BCUT2D eigenvalue weighted by atomic mass is 9.96. The average Bonchev–Trinajstić information content (AvgIpc) is 3.30. The quantitative estimate of drug-likeness (QED) is 0.441. The fourth-order valence-corrected chi connectivity index (χ4v) is 6.23. The van der Waals surface area contributed by atoms with Crippen molar-refractivity contribution in [3.05, 3.63) is 23.9 Å². The lowest BCUT2D eigenvalue weighted by molar-refractivity contribution is -0.134. The topological polar surface area (TPSA) is 103 Å². The number of aromatic nitrogens is 1. The van der Waals surface area contributed by atoms with Gasteiger partial charge in [-0.2, -0.15) is 11.8 Å². The number of likely N-dealkylation sites (tertiary alicyclic amines) is 1. The van der Waals surface area contributed by atoms with Gasteiger partial charge < -0.3 is 20.9 Å². The van der Waals surface area contributed by atoms with Crippen LogP contribution < -0.4 is 16.0 Å². The molecule has 3 fully saturated rings. The van der Waals surface area contributed by atoms with Crippen LogP contribution in [0.15, 0.2) is 18.2 Å². The van der Waals surface area contributed by atoms with Crippen molar-refractivity contribution in [3.8, 4) is 0 Å². The van der Waals surface area contributed by atoms with Gasteiger partial charge in [0.05, 0.1) is 18.0 Å². The highest BCUT2D eigenvalue weighted by atomic mass is 32.2. The van der Waals surface area contributed by atoms with Crippen LogP contribution >= 0.6 is 11.8 Å². The van der Waals surface area contributed by atoms with E-state index in [4.69, 9.17) is 0 Å². The van der Waals surface area contributed by atoms with E-state index in [-0.39, 0.29) is 35.8 Å². The lowest BCUT2D eigenvalue weighted by Gasteiger charge is -2.32. The van der Waals surface area contributed by atoms with E-state index in [2.05, 4.69) is 20.9 Å². The molecule has 31 heavy (non-hydrogen) atoms. The van der Waals surface area contributed by atoms with Crippen LogP contribution in [0.3, 0.4) is 0 Å². The van der Waals surface area contributed by atoms with E-state index in [1.54, 1.807) is 6.07 Å². The predicted molar refractivity (Wildman–Crippen MR) is 121 cm³/mol. The number of carbonyl (C=O) groups is 3. The molecule has 0 bridgehead atoms. The first-order chi connectivity index (χ1) is 15.0. The van der Waals surface area contributed by atoms with Gasteiger partial charge in [0.25, 0.3) is 0 Å². The summed E-state index contributed by atoms with van der Waals surface area (Å²) in [5.41, 5.74) is 0.858. The molecule has 0 spiro atoms. The number of anilines is 1. The molecule has 0 saturated carbocycles. The molecular weight excluding hydrogens is 414 g/mol. The second-order valence-corrected chi connectivity index (χ2v) is 9.97. The third-order valence-electron chi connectivity index (χ3n) is 6.35. The number of aryl methyl sites for hydroxylation is 1. The number of hydrogen-bond donors (Lipinski definition) is 3. The van der Waals surface area contributed by atoms with Crippen molar-refractivity contribution in [1.29, 1.82) is 0 Å². The van der Waals surface area contributed by atoms with Gasteiger partial charge in [0.2, 0.25) is 11.8 Å². The smallest absolute Gasteiger partial charge is 0.315 e. The number of fused-ring (bicyclic) bond motifs is 1. The zero-order valence-electron chi connectivity index (χ0n) is 17.9. The Balaban J connectivity index is 1.18. The Hall–Kier alpha value is -2.29. The van der Waals surface area contributed by atoms with Crippen LogP contribution in [0.25, 0.3) is 0 Å². The number of pyridine rings is 1. The molecule has 3 saturated heterocycles. The zero-order valence-corrected chi connectivity index (χ0v) is 18.7. The highest BCUT2D eigenvalue weighted by Crippen LogP contribution is 2.33. The van der Waals surface area contributed by atoms with Crippen molar-refractivity contribution in [3.63, 3.8) is 0 Å². The molecule has 3 aliphatic rings. The number of rotatable bonds is 7. The predicted octanol–water partition coefficient (Wildman–Crippen LogP) is 2.29. The van der Waals surface area contributed by atoms with Crippen molar-refractivity contribution in [2.24, 2.45) is 5.92 Å². The maximum atomic E-state index is 12.7. The van der Waals surface area contributed by atoms with E-state index in [9.17, 15) is 14.4 Å². The van der Waals surface area contributed by atoms with E-state index in [1.807, 2.05) is 35.7 Å². The Morgan fingerprint density at radius 1 is 1.29 bits per heavy atom. The van der Waals surface area contributed by atoms with Gasteiger partial charge in [0, 0.05) is 36.2 Å². The van der Waals surface area contributed by atoms with Gasteiger partial charge in [-0.05, 0) is 44.7 Å². The van der Waals surface area contributed by atoms with Crippen LogP contribution in [0.5, 0.6) is 0 Å². The maximum Gasteiger partial charge on any atom is 0.315 e. The molecule has 0 aliphatic carbocycles. The highest BCUT2D eigenvalue weighted by Gasteiger charge is 2.42. The minimum atomic E-state index is -0.190. The highest BCUT2D eigenvalue weighted by molar-refractivity contribution is 8.00. The largest absolute Gasteiger partial charge is 0.342 e. The minimum absolute atomic E-state index is 0.0580. The summed E-state index contributed by atoms with van der Waals surface area (Å²) >= 11 is 1.91. The first kappa shape index (κ1) is 21.9. The molecule has 0 unspecified atom stereocenters. The number of thioether (sulfide) groups is 1. The molecule has 4 atom stereocenters. The number of piperidine rings is 1. The van der Waals surface area contributed by atoms with Crippen LogP contribution in [0.1, 0.15) is 44.2 Å². The number of carbonyl (C=O) groups excluding carboxylic acids is 3. The molecule has 4 rings (SSSR count). The molecule has 4 amide bonds. The van der Waals surface area contributed by atoms with Crippen molar-refractivity contribution in [2.75, 3.05) is 24.2 Å². The average molecular weight is 446 g/mol. The minimum Gasteiger partial charge on any atom is -0.342 e. The van der Waals surface area contributed by atoms with Crippen molar-refractivity contribution < 1.29 is 14.4 Å². The van der Waals surface area contributed by atoms with Gasteiger partial charge in [0.15, 0.2) is 0 Å². The maximum absolute atomic E-state index is 12.7. The first-order valence-corrected chi connectivity index (χ1v) is 12.3. The molecule has 8 nitrogen and oxygen atoms in total. The number of nitrogens with one attached hydrogen (secondary N) is 3. The Morgan fingerprint density at radius 3 is 3.00 bits per heavy atom. The number of amides is 4. The van der Waals surface area contributed by atoms with Crippen LogP contribution in [0.2, 0.25) is 0 Å². The van der Waals surface area contributed by atoms with E-state index in [1.165, 1.54) is 0 Å². The molecule has 9 heteroatoms. The fraction of sp³-hybridized carbons (Fsp3) is 0.636. The summed E-state index contributed by atoms with van der Waals surface area (Å²) in [5.74, 6) is 1.41. The van der Waals surface area contributed by atoms with Crippen LogP contribution in [-0.4, -0.2) is 63.9 Å². The summed E-state index contributed by atoms with van der Waals surface area (Å²) in [6.45, 7) is 3.10. The molecule has 0 radical (unpaired) electrons. The fourth-order valence-electron chi connectivity index (χ4n) is 4.68.